The highest BCUT2D eigenvalue weighted by atomic mass is 16.6. The van der Waals surface area contributed by atoms with Crippen LogP contribution in [0.15, 0.2) is 71.5 Å². The van der Waals surface area contributed by atoms with E-state index in [-0.39, 0.29) is 18.6 Å². The molecule has 37 heavy (non-hydrogen) atoms. The van der Waals surface area contributed by atoms with Gasteiger partial charge in [-0.2, -0.15) is 0 Å². The third kappa shape index (κ3) is 3.66. The highest BCUT2D eigenvalue weighted by Crippen LogP contribution is 2.41. The molecule has 7 nitrogen and oxygen atoms in total. The first-order chi connectivity index (χ1) is 17.9. The molecule has 2 aromatic heterocycles. The zero-order chi connectivity index (χ0) is 25.7. The van der Waals surface area contributed by atoms with Crippen molar-refractivity contribution in [3.8, 4) is 11.4 Å². The molecule has 2 aromatic carbocycles. The number of esters is 2. The van der Waals surface area contributed by atoms with E-state index in [2.05, 4.69) is 0 Å². The fraction of sp³-hybridized carbons (Fsp3) is 0.200. The van der Waals surface area contributed by atoms with Gasteiger partial charge in [-0.25, -0.2) is 14.6 Å². The molecule has 0 saturated heterocycles. The maximum Gasteiger partial charge on any atom is 0.355 e. The lowest BCUT2D eigenvalue weighted by Crippen LogP contribution is -2.47. The van der Waals surface area contributed by atoms with Gasteiger partial charge in [0.05, 0.1) is 29.0 Å². The Kier molecular flexibility index (Phi) is 5.30. The number of pyridine rings is 2. The van der Waals surface area contributed by atoms with Gasteiger partial charge in [0, 0.05) is 22.6 Å². The fourth-order valence-electron chi connectivity index (χ4n) is 5.13. The fourth-order valence-corrected chi connectivity index (χ4v) is 5.13. The van der Waals surface area contributed by atoms with Crippen molar-refractivity contribution < 1.29 is 19.1 Å². The smallest absolute Gasteiger partial charge is 0.355 e. The van der Waals surface area contributed by atoms with Crippen molar-refractivity contribution in [1.82, 2.24) is 9.55 Å². The molecular formula is C30H24N2O5. The summed E-state index contributed by atoms with van der Waals surface area (Å²) in [6, 6.07) is 19.2. The lowest BCUT2D eigenvalue weighted by atomic mass is 9.85. The molecule has 0 unspecified atom stereocenters. The minimum absolute atomic E-state index is 0.115. The standard InChI is InChI=1S/C30H24N2O5/c1-3-30(37-26(33)13-12-19-10-8-18(2)9-11-19)23-15-25-27-21(14-20-6-4-5-7-24(20)31-27)16-32(25)28(34)22(23)17-36-29(30)35/h4-15H,3,16-17H2,1-2H3/b13-12+/t30-/m0/s1. The zero-order valence-electron chi connectivity index (χ0n) is 20.5. The molecule has 2 aliphatic heterocycles. The molecule has 1 atom stereocenters. The van der Waals surface area contributed by atoms with Crippen LogP contribution in [0.25, 0.3) is 28.4 Å². The van der Waals surface area contributed by atoms with Crippen LogP contribution in [0.3, 0.4) is 0 Å². The Bertz CT molecular complexity index is 1680. The predicted molar refractivity (Wildman–Crippen MR) is 139 cm³/mol. The Labute approximate surface area is 213 Å². The Morgan fingerprint density at radius 3 is 2.70 bits per heavy atom. The summed E-state index contributed by atoms with van der Waals surface area (Å²) in [5.41, 5.74) is 3.64. The van der Waals surface area contributed by atoms with E-state index in [4.69, 9.17) is 14.5 Å². The number of benzene rings is 2. The van der Waals surface area contributed by atoms with E-state index in [1.54, 1.807) is 23.6 Å². The quantitative estimate of drug-likeness (QED) is 0.268. The van der Waals surface area contributed by atoms with Crippen molar-refractivity contribution in [3.63, 3.8) is 0 Å². The lowest BCUT2D eigenvalue weighted by molar-refractivity contribution is -0.186. The molecule has 2 aliphatic rings. The van der Waals surface area contributed by atoms with Crippen molar-refractivity contribution in [2.45, 2.75) is 39.0 Å². The third-order valence-electron chi connectivity index (χ3n) is 7.15. The number of aromatic nitrogens is 2. The summed E-state index contributed by atoms with van der Waals surface area (Å²) in [5, 5.41) is 0.988. The Hall–Kier alpha value is -4.52. The molecule has 0 saturated carbocycles. The van der Waals surface area contributed by atoms with E-state index in [0.29, 0.717) is 29.1 Å². The van der Waals surface area contributed by atoms with E-state index < -0.39 is 17.5 Å². The highest BCUT2D eigenvalue weighted by molar-refractivity contribution is 5.92. The van der Waals surface area contributed by atoms with Gasteiger partial charge in [-0.05, 0) is 43.2 Å². The van der Waals surface area contributed by atoms with Crippen LogP contribution in [0.2, 0.25) is 0 Å². The molecule has 184 valence electrons. The molecular weight excluding hydrogens is 468 g/mol. The van der Waals surface area contributed by atoms with Gasteiger partial charge in [0.25, 0.3) is 5.56 Å². The number of rotatable bonds is 4. The predicted octanol–water partition coefficient (Wildman–Crippen LogP) is 4.65. The third-order valence-corrected chi connectivity index (χ3v) is 7.15. The van der Waals surface area contributed by atoms with Crippen molar-refractivity contribution in [1.29, 1.82) is 0 Å². The molecule has 0 amide bonds. The number of fused-ring (bicyclic) bond motifs is 5. The maximum atomic E-state index is 13.6. The minimum atomic E-state index is -1.73. The molecule has 0 bridgehead atoms. The molecule has 0 radical (unpaired) electrons. The molecule has 0 fully saturated rings. The van der Waals surface area contributed by atoms with Gasteiger partial charge in [-0.1, -0.05) is 55.0 Å². The van der Waals surface area contributed by atoms with Gasteiger partial charge < -0.3 is 14.0 Å². The highest BCUT2D eigenvalue weighted by Gasteiger charge is 2.50. The van der Waals surface area contributed by atoms with Gasteiger partial charge in [0.1, 0.15) is 6.61 Å². The van der Waals surface area contributed by atoms with Crippen LogP contribution in [0.1, 0.15) is 41.2 Å². The molecule has 4 heterocycles. The van der Waals surface area contributed by atoms with E-state index in [0.717, 1.165) is 27.6 Å². The SMILES string of the molecule is CC[C@@]1(OC(=O)/C=C/c2ccc(C)cc2)C(=O)OCc2c1cc1n(c2=O)Cc2cc3ccccc3nc2-1. The summed E-state index contributed by atoms with van der Waals surface area (Å²) < 4.78 is 12.9. The van der Waals surface area contributed by atoms with E-state index in [1.165, 1.54) is 6.08 Å². The number of hydrogen-bond acceptors (Lipinski definition) is 6. The van der Waals surface area contributed by atoms with E-state index in [9.17, 15) is 14.4 Å². The minimum Gasteiger partial charge on any atom is -0.457 e. The number of carbonyl (C=O) groups is 2. The second-order valence-corrected chi connectivity index (χ2v) is 9.42. The first-order valence-corrected chi connectivity index (χ1v) is 12.2. The molecule has 0 spiro atoms. The summed E-state index contributed by atoms with van der Waals surface area (Å²) >= 11 is 0. The first-order valence-electron chi connectivity index (χ1n) is 12.2. The maximum absolute atomic E-state index is 13.6. The number of aryl methyl sites for hydroxylation is 1. The number of ether oxygens (including phenoxy) is 2. The average molecular weight is 493 g/mol. The molecule has 7 heteroatoms. The van der Waals surface area contributed by atoms with E-state index >= 15 is 0 Å². The largest absolute Gasteiger partial charge is 0.457 e. The Balaban J connectivity index is 1.43. The number of para-hydroxylation sites is 1. The summed E-state index contributed by atoms with van der Waals surface area (Å²) in [4.78, 5) is 44.5. The van der Waals surface area contributed by atoms with Crippen LogP contribution in [0.5, 0.6) is 0 Å². The van der Waals surface area contributed by atoms with Crippen LogP contribution in [-0.2, 0) is 37.8 Å². The summed E-state index contributed by atoms with van der Waals surface area (Å²) in [7, 11) is 0. The van der Waals surface area contributed by atoms with Crippen molar-refractivity contribution in [2.75, 3.05) is 0 Å². The van der Waals surface area contributed by atoms with E-state index in [1.807, 2.05) is 61.5 Å². The Morgan fingerprint density at radius 1 is 1.14 bits per heavy atom. The van der Waals surface area contributed by atoms with Crippen molar-refractivity contribution in [3.05, 3.63) is 105 Å². The summed E-state index contributed by atoms with van der Waals surface area (Å²) in [5.74, 6) is -1.38. The second kappa shape index (κ2) is 8.55. The number of cyclic esters (lactones) is 1. The number of nitrogens with zero attached hydrogens (tertiary/aromatic N) is 2. The van der Waals surface area contributed by atoms with Crippen LogP contribution in [0.4, 0.5) is 0 Å². The van der Waals surface area contributed by atoms with Crippen LogP contribution in [0, 0.1) is 6.92 Å². The topological polar surface area (TPSA) is 87.5 Å². The van der Waals surface area contributed by atoms with Crippen LogP contribution >= 0.6 is 0 Å². The molecule has 4 aromatic rings. The normalized spacial score (nSPS) is 17.8. The number of carbonyl (C=O) groups excluding carboxylic acids is 2. The van der Waals surface area contributed by atoms with Gasteiger partial charge in [-0.15, -0.1) is 0 Å². The van der Waals surface area contributed by atoms with Gasteiger partial charge in [0.2, 0.25) is 5.60 Å². The van der Waals surface area contributed by atoms with Crippen LogP contribution < -0.4 is 5.56 Å². The van der Waals surface area contributed by atoms with Gasteiger partial charge in [0.15, 0.2) is 0 Å². The van der Waals surface area contributed by atoms with Crippen molar-refractivity contribution >= 4 is 28.9 Å². The van der Waals surface area contributed by atoms with Crippen LogP contribution in [-0.4, -0.2) is 21.5 Å². The zero-order valence-corrected chi connectivity index (χ0v) is 20.5. The lowest BCUT2D eigenvalue weighted by Gasteiger charge is -2.35. The van der Waals surface area contributed by atoms with Gasteiger partial charge >= 0.3 is 11.9 Å². The molecule has 0 aliphatic carbocycles. The molecule has 0 N–H and O–H groups in total. The second-order valence-electron chi connectivity index (χ2n) is 9.42. The average Bonchev–Trinajstić information content (AvgIpc) is 3.26. The monoisotopic (exact) mass is 492 g/mol. The van der Waals surface area contributed by atoms with Crippen molar-refractivity contribution in [2.24, 2.45) is 0 Å². The summed E-state index contributed by atoms with van der Waals surface area (Å²) in [6.07, 6.45) is 3.03. The molecule has 6 rings (SSSR count). The summed E-state index contributed by atoms with van der Waals surface area (Å²) in [6.45, 7) is 3.92. The first kappa shape index (κ1) is 22.9. The Morgan fingerprint density at radius 2 is 1.92 bits per heavy atom. The van der Waals surface area contributed by atoms with Gasteiger partial charge in [-0.3, -0.25) is 4.79 Å². The number of hydrogen-bond donors (Lipinski definition) is 0.